The second-order valence-corrected chi connectivity index (χ2v) is 8.45. The second-order valence-electron chi connectivity index (χ2n) is 7.30. The van der Waals surface area contributed by atoms with Crippen LogP contribution in [0.15, 0.2) is 58.1 Å². The van der Waals surface area contributed by atoms with Gasteiger partial charge >= 0.3 is 11.4 Å². The summed E-state index contributed by atoms with van der Waals surface area (Å²) in [5.74, 6) is 1.29. The Morgan fingerprint density at radius 2 is 1.79 bits per heavy atom. The number of aryl methyl sites for hydroxylation is 1. The summed E-state index contributed by atoms with van der Waals surface area (Å²) in [4.78, 5) is 33.9. The first-order chi connectivity index (χ1) is 16.4. The van der Waals surface area contributed by atoms with Crippen molar-refractivity contribution >= 4 is 34.8 Å². The third-order valence-corrected chi connectivity index (χ3v) is 5.71. The molecular weight excluding hydrogens is 480 g/mol. The summed E-state index contributed by atoms with van der Waals surface area (Å²) >= 11 is 7.13. The number of nitrogens with one attached hydrogen (secondary N) is 1. The van der Waals surface area contributed by atoms with E-state index < -0.39 is 11.4 Å². The number of hydrogen-bond acceptors (Lipinski definition) is 9. The second kappa shape index (κ2) is 10.6. The molecule has 0 unspecified atom stereocenters. The predicted octanol–water partition coefficient (Wildman–Crippen LogP) is 3.18. The van der Waals surface area contributed by atoms with Gasteiger partial charge in [-0.25, -0.2) is 14.2 Å². The quantitative estimate of drug-likeness (QED) is 0.359. The summed E-state index contributed by atoms with van der Waals surface area (Å²) in [6, 6.07) is 14.0. The molecule has 0 spiro atoms. The molecule has 2 heterocycles. The van der Waals surface area contributed by atoms with E-state index in [2.05, 4.69) is 19.7 Å². The Hall–Kier alpha value is -3.54. The minimum Gasteiger partial charge on any atom is -0.430 e. The molecule has 0 bridgehead atoms. The average Bonchev–Trinajstić information content (AvgIpc) is 3.23. The van der Waals surface area contributed by atoms with Crippen molar-refractivity contribution in [2.45, 2.75) is 26.4 Å². The number of ether oxygens (including phenoxy) is 1. The number of rotatable bonds is 9. The molecule has 4 rings (SSSR count). The van der Waals surface area contributed by atoms with E-state index in [0.717, 1.165) is 21.7 Å². The van der Waals surface area contributed by atoms with Crippen molar-refractivity contribution in [3.05, 3.63) is 85.9 Å². The maximum absolute atomic E-state index is 13.1. The summed E-state index contributed by atoms with van der Waals surface area (Å²) in [7, 11) is 0. The van der Waals surface area contributed by atoms with Gasteiger partial charge in [0.25, 0.3) is 5.19 Å². The Balaban J connectivity index is 1.63. The summed E-state index contributed by atoms with van der Waals surface area (Å²) in [6.07, 6.45) is 0.264. The number of aliphatic hydroxyl groups is 1. The highest BCUT2D eigenvalue weighted by atomic mass is 35.5. The zero-order chi connectivity index (χ0) is 24.1. The van der Waals surface area contributed by atoms with Crippen molar-refractivity contribution in [3.63, 3.8) is 0 Å². The number of aromatic nitrogens is 5. The molecule has 2 aromatic heterocycles. The van der Waals surface area contributed by atoms with Gasteiger partial charge in [-0.3, -0.25) is 4.57 Å². The Bertz CT molecular complexity index is 1380. The van der Waals surface area contributed by atoms with Crippen molar-refractivity contribution < 1.29 is 9.84 Å². The molecule has 0 aliphatic heterocycles. The fourth-order valence-corrected chi connectivity index (χ4v) is 3.80. The molecule has 0 saturated carbocycles. The van der Waals surface area contributed by atoms with Gasteiger partial charge in [0, 0.05) is 35.4 Å². The summed E-state index contributed by atoms with van der Waals surface area (Å²) in [5.41, 5.74) is 0.183. The lowest BCUT2D eigenvalue weighted by Crippen LogP contribution is -2.42. The van der Waals surface area contributed by atoms with Gasteiger partial charge in [0.15, 0.2) is 0 Å². The van der Waals surface area contributed by atoms with Gasteiger partial charge in [-0.2, -0.15) is 14.3 Å². The lowest BCUT2D eigenvalue weighted by Gasteiger charge is -2.16. The smallest absolute Gasteiger partial charge is 0.354 e. The van der Waals surface area contributed by atoms with Gasteiger partial charge in [-0.15, -0.1) is 0 Å². The maximum Gasteiger partial charge on any atom is 0.354 e. The Kier molecular flexibility index (Phi) is 7.36. The van der Waals surface area contributed by atoms with E-state index in [1.54, 1.807) is 55.5 Å². The highest BCUT2D eigenvalue weighted by molar-refractivity contribution is 7.07. The van der Waals surface area contributed by atoms with E-state index in [4.69, 9.17) is 21.4 Å². The molecule has 0 radical (unpaired) electrons. The topological polar surface area (TPSA) is 124 Å². The van der Waals surface area contributed by atoms with Crippen LogP contribution in [-0.4, -0.2) is 35.2 Å². The third kappa shape index (κ3) is 5.68. The minimum absolute atomic E-state index is 0.0686. The lowest BCUT2D eigenvalue weighted by molar-refractivity contribution is 0.276. The molecule has 0 atom stereocenters. The van der Waals surface area contributed by atoms with Crippen LogP contribution in [0.3, 0.4) is 0 Å². The monoisotopic (exact) mass is 500 g/mol. The van der Waals surface area contributed by atoms with Crippen LogP contribution in [0.25, 0.3) is 0 Å². The van der Waals surface area contributed by atoms with E-state index in [9.17, 15) is 9.59 Å². The van der Waals surface area contributed by atoms with Gasteiger partial charge in [-0.05, 0) is 55.3 Å². The lowest BCUT2D eigenvalue weighted by atomic mass is 10.2. The van der Waals surface area contributed by atoms with Crippen molar-refractivity contribution in [2.75, 3.05) is 11.9 Å². The van der Waals surface area contributed by atoms with Crippen LogP contribution >= 0.6 is 23.1 Å². The fourth-order valence-electron chi connectivity index (χ4n) is 3.12. The molecule has 34 heavy (non-hydrogen) atoms. The van der Waals surface area contributed by atoms with Gasteiger partial charge in [0.05, 0.1) is 6.54 Å². The van der Waals surface area contributed by atoms with Gasteiger partial charge in [-0.1, -0.05) is 23.7 Å². The standard InChI is InChI=1S/C22H21ClN6O4S/c1-14-24-21(34-27-14)33-18-9-7-17(8-10-18)25-19-26-20(31)28(11-2-12-30)22(32)29(19)13-15-3-5-16(23)6-4-15/h3-10,30H,2,11-13H2,1H3,(H,25,26,31). The van der Waals surface area contributed by atoms with Crippen LogP contribution < -0.4 is 21.4 Å². The number of anilines is 2. The third-order valence-electron chi connectivity index (χ3n) is 4.77. The SMILES string of the molecule is Cc1nsc(Oc2ccc(Nc3nc(=O)n(CCCO)c(=O)n3Cc3ccc(Cl)cc3)cc2)n1. The Morgan fingerprint density at radius 1 is 1.06 bits per heavy atom. The van der Waals surface area contributed by atoms with Crippen LogP contribution in [0.2, 0.25) is 5.02 Å². The van der Waals surface area contributed by atoms with Crippen molar-refractivity contribution in [1.29, 1.82) is 0 Å². The highest BCUT2D eigenvalue weighted by Crippen LogP contribution is 2.25. The highest BCUT2D eigenvalue weighted by Gasteiger charge is 2.14. The van der Waals surface area contributed by atoms with Gasteiger partial charge in [0.1, 0.15) is 11.6 Å². The Labute approximate surface area is 203 Å². The molecule has 0 saturated heterocycles. The largest absolute Gasteiger partial charge is 0.430 e. The summed E-state index contributed by atoms with van der Waals surface area (Å²) in [6.45, 7) is 1.88. The first-order valence-electron chi connectivity index (χ1n) is 10.3. The molecule has 0 aliphatic rings. The van der Waals surface area contributed by atoms with Crippen LogP contribution in [0.5, 0.6) is 10.9 Å². The predicted molar refractivity (Wildman–Crippen MR) is 129 cm³/mol. The molecular formula is C22H21ClN6O4S. The van der Waals surface area contributed by atoms with Crippen LogP contribution in [0, 0.1) is 6.92 Å². The van der Waals surface area contributed by atoms with Gasteiger partial charge in [0.2, 0.25) is 5.95 Å². The van der Waals surface area contributed by atoms with E-state index in [-0.39, 0.29) is 32.1 Å². The summed E-state index contributed by atoms with van der Waals surface area (Å²) < 4.78 is 12.1. The van der Waals surface area contributed by atoms with E-state index in [1.807, 2.05) is 0 Å². The molecule has 2 aromatic carbocycles. The molecule has 0 amide bonds. The molecule has 12 heteroatoms. The van der Waals surface area contributed by atoms with Crippen molar-refractivity contribution in [2.24, 2.45) is 0 Å². The molecule has 0 fully saturated rings. The Morgan fingerprint density at radius 3 is 2.44 bits per heavy atom. The first kappa shape index (κ1) is 23.6. The normalized spacial score (nSPS) is 10.9. The van der Waals surface area contributed by atoms with Crippen LogP contribution in [0.1, 0.15) is 17.8 Å². The summed E-state index contributed by atoms with van der Waals surface area (Å²) in [5, 5.41) is 13.2. The number of nitrogens with zero attached hydrogens (tertiary/aromatic N) is 5. The van der Waals surface area contributed by atoms with Crippen LogP contribution in [-0.2, 0) is 13.1 Å². The average molecular weight is 501 g/mol. The van der Waals surface area contributed by atoms with E-state index in [1.165, 1.54) is 4.57 Å². The van der Waals surface area contributed by atoms with E-state index in [0.29, 0.717) is 27.5 Å². The minimum atomic E-state index is -0.695. The first-order valence-corrected chi connectivity index (χ1v) is 11.5. The zero-order valence-corrected chi connectivity index (χ0v) is 19.7. The molecule has 4 aromatic rings. The van der Waals surface area contributed by atoms with Crippen molar-refractivity contribution in [3.8, 4) is 10.9 Å². The molecule has 2 N–H and O–H groups in total. The number of halogens is 1. The maximum atomic E-state index is 13.1. The van der Waals surface area contributed by atoms with E-state index >= 15 is 0 Å². The zero-order valence-electron chi connectivity index (χ0n) is 18.1. The van der Waals surface area contributed by atoms with Crippen molar-refractivity contribution in [1.82, 2.24) is 23.5 Å². The fraction of sp³-hybridized carbons (Fsp3) is 0.227. The molecule has 0 aliphatic carbocycles. The van der Waals surface area contributed by atoms with Gasteiger partial charge < -0.3 is 15.2 Å². The molecule has 10 nitrogen and oxygen atoms in total. The number of hydrogen-bond donors (Lipinski definition) is 2. The molecule has 176 valence electrons. The number of aliphatic hydroxyl groups excluding tert-OH is 1. The number of benzene rings is 2. The van der Waals surface area contributed by atoms with Crippen LogP contribution in [0.4, 0.5) is 11.6 Å².